The predicted octanol–water partition coefficient (Wildman–Crippen LogP) is 8.95. The van der Waals surface area contributed by atoms with Crippen LogP contribution in [0.25, 0.3) is 11.3 Å². The van der Waals surface area contributed by atoms with Crippen LogP contribution in [0.2, 0.25) is 10.0 Å². The Morgan fingerprint density at radius 3 is 2.25 bits per heavy atom. The number of aromatic nitrogens is 2. The molecule has 3 heterocycles. The number of benzene rings is 3. The molecule has 0 saturated carbocycles. The molecule has 1 aromatic heterocycles. The number of likely N-dealkylation sites (N-methyl/N-ethyl adjacent to an activating group) is 1. The van der Waals surface area contributed by atoms with Crippen molar-refractivity contribution in [3.63, 3.8) is 0 Å². The van der Waals surface area contributed by atoms with Gasteiger partial charge in [0.1, 0.15) is 23.1 Å². The number of rotatable bonds is 13. The summed E-state index contributed by atoms with van der Waals surface area (Å²) in [6.45, 7) is -3.50. The van der Waals surface area contributed by atoms with Crippen LogP contribution < -0.4 is 4.74 Å². The lowest BCUT2D eigenvalue weighted by Crippen LogP contribution is -2.63. The Bertz CT molecular complexity index is 2420. The van der Waals surface area contributed by atoms with Crippen molar-refractivity contribution < 1.29 is 55.0 Å². The third-order valence-electron chi connectivity index (χ3n) is 12.4. The van der Waals surface area contributed by atoms with Crippen molar-refractivity contribution in [2.75, 3.05) is 40.8 Å². The minimum Gasteiger partial charge on any atom is -0.457 e. The Labute approximate surface area is 394 Å². The van der Waals surface area contributed by atoms with E-state index in [1.165, 1.54) is 29.8 Å². The van der Waals surface area contributed by atoms with Gasteiger partial charge in [-0.1, -0.05) is 35.3 Å². The molecule has 20 heteroatoms. The molecule has 6 rings (SSSR count). The molecule has 2 bridgehead atoms. The van der Waals surface area contributed by atoms with Gasteiger partial charge in [-0.3, -0.25) is 19.2 Å². The molecule has 12 nitrogen and oxygen atoms in total. The monoisotopic (exact) mass is 980 g/mol. The van der Waals surface area contributed by atoms with Gasteiger partial charge in [-0.15, -0.1) is 0 Å². The van der Waals surface area contributed by atoms with Crippen LogP contribution in [0, 0.1) is 17.7 Å². The molecule has 0 unspecified atom stereocenters. The fourth-order valence-corrected chi connectivity index (χ4v) is 9.16. The van der Waals surface area contributed by atoms with Crippen LogP contribution in [-0.4, -0.2) is 118 Å². The summed E-state index contributed by atoms with van der Waals surface area (Å²) < 4.78 is 99.2. The van der Waals surface area contributed by atoms with E-state index in [-0.39, 0.29) is 54.4 Å². The highest BCUT2D eigenvalue weighted by Gasteiger charge is 2.48. The summed E-state index contributed by atoms with van der Waals surface area (Å²) in [7, 11) is 7.10. The molecular formula is C47H52Cl2F6N6O6. The van der Waals surface area contributed by atoms with E-state index in [2.05, 4.69) is 9.72 Å². The number of amides is 3. The van der Waals surface area contributed by atoms with Gasteiger partial charge in [0.05, 0.1) is 61.4 Å². The van der Waals surface area contributed by atoms with Crippen molar-refractivity contribution in [1.82, 2.24) is 29.2 Å². The molecule has 4 atom stereocenters. The second-order valence-electron chi connectivity index (χ2n) is 17.5. The van der Waals surface area contributed by atoms with Crippen molar-refractivity contribution in [1.29, 1.82) is 0 Å². The Kier molecular flexibility index (Phi) is 16.4. The molecule has 3 aromatic carbocycles. The molecule has 4 aromatic rings. The molecule has 2 fully saturated rings. The normalized spacial score (nSPS) is 21.4. The van der Waals surface area contributed by atoms with Gasteiger partial charge in [0.15, 0.2) is 5.78 Å². The Morgan fingerprint density at radius 1 is 0.925 bits per heavy atom. The lowest BCUT2D eigenvalue weighted by Gasteiger charge is -2.50. The molecule has 0 spiro atoms. The minimum atomic E-state index is -4.93. The van der Waals surface area contributed by atoms with Gasteiger partial charge in [-0.25, -0.2) is 9.37 Å². The second-order valence-corrected chi connectivity index (χ2v) is 18.4. The quantitative estimate of drug-likeness (QED) is 0.122. The third-order valence-corrected chi connectivity index (χ3v) is 12.9. The van der Waals surface area contributed by atoms with Crippen molar-refractivity contribution in [3.8, 4) is 22.8 Å². The van der Waals surface area contributed by atoms with E-state index in [4.69, 9.17) is 27.9 Å². The number of Topliss-reactive ketones (excluding diaryl/α,β-unsaturated/α-hetero) is 1. The Morgan fingerprint density at radius 2 is 1.61 bits per heavy atom. The average Bonchev–Trinajstić information content (AvgIpc) is 3.61. The van der Waals surface area contributed by atoms with Crippen LogP contribution in [0.4, 0.5) is 26.3 Å². The SMILES string of the molecule is C[C@H]1C(=O)C[C@@H](COC(F)F)C(=O)N(C)[C@@]2(Cc3ccc(Cl)cc3)CCCN(C2)C(=O)[C@H](CC(F)(F)F)CC(=O)N1Cc1c(F)cc(Cl)cc1Oc1ccc(-c2cnc(CN(C)C)n2C)cc1. The first kappa shape index (κ1) is 51.2. The molecule has 67 heavy (non-hydrogen) atoms. The fraction of sp³-hybridized carbons (Fsp3) is 0.468. The summed E-state index contributed by atoms with van der Waals surface area (Å²) in [6, 6.07) is 13.9. The molecule has 2 aliphatic rings. The molecule has 0 N–H and O–H groups in total. The van der Waals surface area contributed by atoms with Gasteiger partial charge < -0.3 is 33.6 Å². The van der Waals surface area contributed by atoms with E-state index in [0.717, 1.165) is 28.0 Å². The predicted molar refractivity (Wildman–Crippen MR) is 238 cm³/mol. The molecule has 3 amide bonds. The van der Waals surface area contributed by atoms with Gasteiger partial charge >= 0.3 is 12.8 Å². The first-order chi connectivity index (χ1) is 31.5. The van der Waals surface area contributed by atoms with E-state index < -0.39 is 97.9 Å². The smallest absolute Gasteiger partial charge is 0.389 e. The number of ether oxygens (including phenoxy) is 2. The number of halogens is 8. The fourth-order valence-electron chi connectivity index (χ4n) is 8.84. The van der Waals surface area contributed by atoms with E-state index in [0.29, 0.717) is 17.1 Å². The van der Waals surface area contributed by atoms with Crippen molar-refractivity contribution in [2.45, 2.75) is 82.9 Å². The number of ketones is 1. The maximum Gasteiger partial charge on any atom is 0.389 e. The highest BCUT2D eigenvalue weighted by Crippen LogP contribution is 2.38. The van der Waals surface area contributed by atoms with Crippen LogP contribution in [0.1, 0.15) is 56.0 Å². The van der Waals surface area contributed by atoms with E-state index >= 15 is 4.39 Å². The molecule has 0 radical (unpaired) electrons. The number of carbonyl (C=O) groups is 4. The Hall–Kier alpha value is -5.17. The van der Waals surface area contributed by atoms with Crippen LogP contribution >= 0.6 is 23.2 Å². The van der Waals surface area contributed by atoms with E-state index in [1.807, 2.05) is 30.6 Å². The summed E-state index contributed by atoms with van der Waals surface area (Å²) in [6.07, 6.45) is -6.17. The molecule has 2 aliphatic heterocycles. The lowest BCUT2D eigenvalue weighted by atomic mass is 9.80. The van der Waals surface area contributed by atoms with Crippen molar-refractivity contribution >= 4 is 46.7 Å². The summed E-state index contributed by atoms with van der Waals surface area (Å²) in [5, 5.41) is 0.299. The molecule has 2 saturated heterocycles. The van der Waals surface area contributed by atoms with E-state index in [1.54, 1.807) is 54.7 Å². The third kappa shape index (κ3) is 12.7. The first-order valence-corrected chi connectivity index (χ1v) is 22.3. The van der Waals surface area contributed by atoms with Gasteiger partial charge in [-0.05, 0) is 94.4 Å². The number of piperidine rings is 1. The van der Waals surface area contributed by atoms with Gasteiger partial charge in [0.2, 0.25) is 17.7 Å². The maximum absolute atomic E-state index is 16.2. The second kappa shape index (κ2) is 21.4. The van der Waals surface area contributed by atoms with Crippen molar-refractivity contribution in [3.05, 3.63) is 99.7 Å². The molecule has 362 valence electrons. The van der Waals surface area contributed by atoms with Crippen LogP contribution in [-0.2, 0) is 50.5 Å². The average molecular weight is 982 g/mol. The number of carbonyl (C=O) groups excluding carboxylic acids is 4. The van der Waals surface area contributed by atoms with Gasteiger partial charge in [-0.2, -0.15) is 22.0 Å². The van der Waals surface area contributed by atoms with Crippen LogP contribution in [0.15, 0.2) is 66.9 Å². The van der Waals surface area contributed by atoms with Crippen LogP contribution in [0.5, 0.6) is 11.5 Å². The summed E-state index contributed by atoms with van der Waals surface area (Å²) >= 11 is 12.4. The maximum atomic E-state index is 16.2. The zero-order valence-corrected chi connectivity index (χ0v) is 39.1. The lowest BCUT2D eigenvalue weighted by molar-refractivity contribution is -0.168. The van der Waals surface area contributed by atoms with E-state index in [9.17, 15) is 41.1 Å². The van der Waals surface area contributed by atoms with Crippen molar-refractivity contribution in [2.24, 2.45) is 18.9 Å². The van der Waals surface area contributed by atoms with Gasteiger partial charge in [0, 0.05) is 61.2 Å². The number of fused-ring (bicyclic) bond motifs is 2. The summed E-state index contributed by atoms with van der Waals surface area (Å²) in [4.78, 5) is 67.6. The zero-order chi connectivity index (χ0) is 49.0. The topological polar surface area (TPSA) is 118 Å². The molecular weight excluding hydrogens is 929 g/mol. The number of alkyl halides is 5. The number of hydrogen-bond acceptors (Lipinski definition) is 8. The largest absolute Gasteiger partial charge is 0.457 e. The highest BCUT2D eigenvalue weighted by atomic mass is 35.5. The number of hydrogen-bond donors (Lipinski definition) is 0. The first-order valence-electron chi connectivity index (χ1n) is 21.5. The highest BCUT2D eigenvalue weighted by molar-refractivity contribution is 6.31. The number of nitrogens with zero attached hydrogens (tertiary/aromatic N) is 6. The van der Waals surface area contributed by atoms with Crippen LogP contribution in [0.3, 0.4) is 0 Å². The minimum absolute atomic E-state index is 0.0143. The Balaban J connectivity index is 1.38. The van der Waals surface area contributed by atoms with Gasteiger partial charge in [0.25, 0.3) is 0 Å². The zero-order valence-electron chi connectivity index (χ0n) is 37.6. The summed E-state index contributed by atoms with van der Waals surface area (Å²) in [5.41, 5.74) is 0.605. The standard InChI is InChI=1S/C47H52Cl2F6N6O6/c1-28-39(62)17-32(26-66-45(51)52)43(64)59(5)46(21-29-7-11-33(48)12-8-29)15-6-16-60(27-46)44(65)31(22-47(53,54)55)18-42(63)61(28)24-36-37(50)19-34(49)20-40(36)67-35-13-9-30(10-14-35)38-23-56-41(58(38)4)25-57(2)3/h7-14,19-20,23,28,31-32,45H,6,15-18,21-22,24-27H2,1-5H3/t28-,31-,32-,46+/m0/s1. The molecule has 0 aliphatic carbocycles. The number of imidazole rings is 1. The summed E-state index contributed by atoms with van der Waals surface area (Å²) in [5.74, 6) is -7.53.